The summed E-state index contributed by atoms with van der Waals surface area (Å²) in [6, 6.07) is 10.4. The van der Waals surface area contributed by atoms with E-state index in [0.29, 0.717) is 0 Å². The summed E-state index contributed by atoms with van der Waals surface area (Å²) in [6.45, 7) is 9.09. The summed E-state index contributed by atoms with van der Waals surface area (Å²) in [5.74, 6) is 2.74. The molecular weight excluding hydrogens is 342 g/mol. The molecule has 27 heavy (non-hydrogen) atoms. The van der Waals surface area contributed by atoms with Crippen LogP contribution < -0.4 is 19.4 Å². The number of rotatable bonds is 4. The normalized spacial score (nSPS) is 17.9. The van der Waals surface area contributed by atoms with Crippen molar-refractivity contribution in [3.05, 3.63) is 36.0 Å². The number of aryl methyl sites for hydroxylation is 1. The van der Waals surface area contributed by atoms with Gasteiger partial charge in [-0.15, -0.1) is 0 Å². The Morgan fingerprint density at radius 2 is 1.52 bits per heavy atom. The summed E-state index contributed by atoms with van der Waals surface area (Å²) in [5.41, 5.74) is 2.25. The number of piperazine rings is 1. The maximum absolute atomic E-state index is 5.45. The van der Waals surface area contributed by atoms with Crippen LogP contribution in [0.5, 0.6) is 5.75 Å². The van der Waals surface area contributed by atoms with Crippen molar-refractivity contribution in [1.29, 1.82) is 0 Å². The molecule has 0 N–H and O–H groups in total. The van der Waals surface area contributed by atoms with Gasteiger partial charge in [-0.25, -0.2) is 4.98 Å². The van der Waals surface area contributed by atoms with Gasteiger partial charge >= 0.3 is 0 Å². The Hall–Kier alpha value is -2.54. The first kappa shape index (κ1) is 17.9. The third-order valence-electron chi connectivity index (χ3n) is 5.16. The van der Waals surface area contributed by atoms with Crippen LogP contribution in [0.3, 0.4) is 0 Å². The first-order chi connectivity index (χ1) is 13.2. The Kier molecular flexibility index (Phi) is 5.29. The van der Waals surface area contributed by atoms with Gasteiger partial charge in [-0.3, -0.25) is 0 Å². The largest absolute Gasteiger partial charge is 0.497 e. The molecule has 2 saturated heterocycles. The molecule has 2 aliphatic heterocycles. The third-order valence-corrected chi connectivity index (χ3v) is 5.16. The number of aromatic nitrogens is 2. The Morgan fingerprint density at radius 3 is 2.19 bits per heavy atom. The lowest BCUT2D eigenvalue weighted by atomic mass is 10.2. The maximum Gasteiger partial charge on any atom is 0.227 e. The van der Waals surface area contributed by atoms with E-state index in [4.69, 9.17) is 14.5 Å². The fraction of sp³-hybridized carbons (Fsp3) is 0.500. The molecule has 0 saturated carbocycles. The van der Waals surface area contributed by atoms with Crippen molar-refractivity contribution in [1.82, 2.24) is 9.97 Å². The van der Waals surface area contributed by atoms with Crippen LogP contribution in [-0.2, 0) is 4.74 Å². The van der Waals surface area contributed by atoms with Crippen LogP contribution in [-0.4, -0.2) is 69.6 Å². The minimum absolute atomic E-state index is 0.743. The average Bonchev–Trinajstić information content (AvgIpc) is 2.74. The molecule has 2 aromatic rings. The highest BCUT2D eigenvalue weighted by Crippen LogP contribution is 2.23. The summed E-state index contributed by atoms with van der Waals surface area (Å²) in [7, 11) is 1.70. The van der Waals surface area contributed by atoms with Crippen LogP contribution in [0.4, 0.5) is 17.5 Å². The lowest BCUT2D eigenvalue weighted by Gasteiger charge is -2.37. The number of hydrogen-bond acceptors (Lipinski definition) is 7. The highest BCUT2D eigenvalue weighted by molar-refractivity contribution is 5.52. The third kappa shape index (κ3) is 4.08. The molecule has 3 heterocycles. The van der Waals surface area contributed by atoms with Crippen molar-refractivity contribution >= 4 is 17.5 Å². The molecular formula is C20H27N5O2. The van der Waals surface area contributed by atoms with Gasteiger partial charge in [0.25, 0.3) is 0 Å². The van der Waals surface area contributed by atoms with Crippen molar-refractivity contribution in [2.45, 2.75) is 6.92 Å². The minimum atomic E-state index is 0.743. The van der Waals surface area contributed by atoms with Gasteiger partial charge in [0.1, 0.15) is 11.6 Å². The van der Waals surface area contributed by atoms with Crippen molar-refractivity contribution < 1.29 is 9.47 Å². The summed E-state index contributed by atoms with van der Waals surface area (Å²) >= 11 is 0. The minimum Gasteiger partial charge on any atom is -0.497 e. The van der Waals surface area contributed by atoms with E-state index in [9.17, 15) is 0 Å². The van der Waals surface area contributed by atoms with E-state index in [1.54, 1.807) is 7.11 Å². The SMILES string of the molecule is COc1ccc(N2CCN(c3cc(C)nc(N4CCOCC4)n3)CC2)cc1. The Bertz CT molecular complexity index is 753. The molecule has 0 atom stereocenters. The first-order valence-corrected chi connectivity index (χ1v) is 9.55. The van der Waals surface area contributed by atoms with Gasteiger partial charge < -0.3 is 24.2 Å². The van der Waals surface area contributed by atoms with Gasteiger partial charge in [0, 0.05) is 56.7 Å². The average molecular weight is 369 g/mol. The van der Waals surface area contributed by atoms with E-state index in [0.717, 1.165) is 75.7 Å². The van der Waals surface area contributed by atoms with Gasteiger partial charge in [0.15, 0.2) is 0 Å². The van der Waals surface area contributed by atoms with E-state index in [2.05, 4.69) is 37.9 Å². The molecule has 144 valence electrons. The second-order valence-electron chi connectivity index (χ2n) is 6.94. The Morgan fingerprint density at radius 1 is 0.852 bits per heavy atom. The number of ether oxygens (including phenoxy) is 2. The Labute approximate surface area is 160 Å². The van der Waals surface area contributed by atoms with E-state index in [1.807, 2.05) is 19.1 Å². The number of anilines is 3. The van der Waals surface area contributed by atoms with Crippen molar-refractivity contribution in [2.75, 3.05) is 74.3 Å². The maximum atomic E-state index is 5.45. The van der Waals surface area contributed by atoms with Gasteiger partial charge in [0.05, 0.1) is 20.3 Å². The van der Waals surface area contributed by atoms with Crippen LogP contribution in [0.15, 0.2) is 30.3 Å². The standard InChI is InChI=1S/C20H27N5O2/c1-16-15-19(22-20(21-16)25-11-13-27-14-12-25)24-9-7-23(8-10-24)17-3-5-18(26-2)6-4-17/h3-6,15H,7-14H2,1-2H3. The van der Waals surface area contributed by atoms with Crippen molar-refractivity contribution in [3.8, 4) is 5.75 Å². The van der Waals surface area contributed by atoms with Gasteiger partial charge in [-0.05, 0) is 31.2 Å². The van der Waals surface area contributed by atoms with Crippen molar-refractivity contribution in [2.24, 2.45) is 0 Å². The van der Waals surface area contributed by atoms with Crippen LogP contribution in [0.1, 0.15) is 5.69 Å². The molecule has 0 unspecified atom stereocenters. The highest BCUT2D eigenvalue weighted by Gasteiger charge is 2.21. The molecule has 7 heteroatoms. The summed E-state index contributed by atoms with van der Waals surface area (Å²) in [4.78, 5) is 16.5. The monoisotopic (exact) mass is 369 g/mol. The second-order valence-corrected chi connectivity index (χ2v) is 6.94. The lowest BCUT2D eigenvalue weighted by molar-refractivity contribution is 0.122. The molecule has 1 aromatic heterocycles. The number of hydrogen-bond donors (Lipinski definition) is 0. The lowest BCUT2D eigenvalue weighted by Crippen LogP contribution is -2.47. The quantitative estimate of drug-likeness (QED) is 0.816. The van der Waals surface area contributed by atoms with Crippen LogP contribution in [0, 0.1) is 6.92 Å². The van der Waals surface area contributed by atoms with Gasteiger partial charge in [-0.2, -0.15) is 4.98 Å². The summed E-state index contributed by atoms with van der Waals surface area (Å²) in [5, 5.41) is 0. The van der Waals surface area contributed by atoms with Gasteiger partial charge in [-0.1, -0.05) is 0 Å². The zero-order valence-electron chi connectivity index (χ0n) is 16.1. The zero-order chi connectivity index (χ0) is 18.6. The van der Waals surface area contributed by atoms with Crippen LogP contribution in [0.2, 0.25) is 0 Å². The summed E-state index contributed by atoms with van der Waals surface area (Å²) < 4.78 is 10.7. The molecule has 0 spiro atoms. The topological polar surface area (TPSA) is 54.0 Å². The second kappa shape index (κ2) is 8.00. The molecule has 7 nitrogen and oxygen atoms in total. The fourth-order valence-corrected chi connectivity index (χ4v) is 3.59. The molecule has 0 amide bonds. The highest BCUT2D eigenvalue weighted by atomic mass is 16.5. The predicted octanol–water partition coefficient (Wildman–Crippen LogP) is 1.96. The zero-order valence-corrected chi connectivity index (χ0v) is 16.1. The number of nitrogens with zero attached hydrogens (tertiary/aromatic N) is 5. The van der Waals surface area contributed by atoms with Gasteiger partial charge in [0.2, 0.25) is 5.95 Å². The van der Waals surface area contributed by atoms with E-state index < -0.39 is 0 Å². The molecule has 0 radical (unpaired) electrons. The van der Waals surface area contributed by atoms with Crippen LogP contribution in [0.25, 0.3) is 0 Å². The molecule has 2 aliphatic rings. The number of benzene rings is 1. The van der Waals surface area contributed by atoms with Crippen LogP contribution >= 0.6 is 0 Å². The fourth-order valence-electron chi connectivity index (χ4n) is 3.59. The predicted molar refractivity (Wildman–Crippen MR) is 107 cm³/mol. The molecule has 4 rings (SSSR count). The van der Waals surface area contributed by atoms with E-state index in [1.165, 1.54) is 5.69 Å². The first-order valence-electron chi connectivity index (χ1n) is 9.55. The smallest absolute Gasteiger partial charge is 0.227 e. The Balaban J connectivity index is 1.43. The molecule has 1 aromatic carbocycles. The van der Waals surface area contributed by atoms with Crippen molar-refractivity contribution in [3.63, 3.8) is 0 Å². The number of morpholine rings is 1. The van der Waals surface area contributed by atoms with E-state index >= 15 is 0 Å². The number of methoxy groups -OCH3 is 1. The molecule has 0 aliphatic carbocycles. The molecule has 2 fully saturated rings. The summed E-state index contributed by atoms with van der Waals surface area (Å²) in [6.07, 6.45) is 0. The molecule has 0 bridgehead atoms. The van der Waals surface area contributed by atoms with E-state index in [-0.39, 0.29) is 0 Å².